The molecule has 0 amide bonds. The van der Waals surface area contributed by atoms with Crippen molar-refractivity contribution in [3.63, 3.8) is 0 Å². The Labute approximate surface area is 99.2 Å². The first-order valence-corrected chi connectivity index (χ1v) is 6.91. The van der Waals surface area contributed by atoms with Gasteiger partial charge >= 0.3 is 0 Å². The topological polar surface area (TPSA) is 35.5 Å². The number of nitrogens with one attached hydrogen (secondary N) is 1. The Bertz CT molecular complexity index is 206. The molecular formula is C13H26N2O. The van der Waals surface area contributed by atoms with Gasteiger partial charge in [0.25, 0.3) is 0 Å². The van der Waals surface area contributed by atoms with Crippen LogP contribution in [0.3, 0.4) is 0 Å². The summed E-state index contributed by atoms with van der Waals surface area (Å²) >= 11 is 0. The fourth-order valence-electron chi connectivity index (χ4n) is 2.87. The minimum absolute atomic E-state index is 0.351. The van der Waals surface area contributed by atoms with Gasteiger partial charge in [0, 0.05) is 31.8 Å². The van der Waals surface area contributed by atoms with Gasteiger partial charge in [0.05, 0.1) is 0 Å². The molecule has 0 aromatic rings. The largest absolute Gasteiger partial charge is 0.396 e. The number of hydrogen-bond acceptors (Lipinski definition) is 3. The predicted octanol–water partition coefficient (Wildman–Crippen LogP) is 1.22. The molecule has 1 saturated heterocycles. The van der Waals surface area contributed by atoms with Crippen LogP contribution >= 0.6 is 0 Å². The fraction of sp³-hybridized carbons (Fsp3) is 1.00. The second-order valence-electron chi connectivity index (χ2n) is 5.45. The molecule has 3 heteroatoms. The molecule has 0 radical (unpaired) electrons. The summed E-state index contributed by atoms with van der Waals surface area (Å²) in [6.45, 7) is 6.15. The molecule has 0 aromatic heterocycles. The molecule has 2 atom stereocenters. The van der Waals surface area contributed by atoms with Gasteiger partial charge in [0.15, 0.2) is 0 Å². The highest BCUT2D eigenvalue weighted by Crippen LogP contribution is 2.31. The van der Waals surface area contributed by atoms with Gasteiger partial charge < -0.3 is 10.4 Å². The highest BCUT2D eigenvalue weighted by atomic mass is 16.3. The Balaban J connectivity index is 1.82. The summed E-state index contributed by atoms with van der Waals surface area (Å²) in [5.74, 6) is 0.703. The Morgan fingerprint density at radius 2 is 2.12 bits per heavy atom. The van der Waals surface area contributed by atoms with Crippen molar-refractivity contribution in [3.05, 3.63) is 0 Å². The lowest BCUT2D eigenvalue weighted by molar-refractivity contribution is 0.115. The Morgan fingerprint density at radius 3 is 2.75 bits per heavy atom. The minimum Gasteiger partial charge on any atom is -0.396 e. The molecule has 0 aromatic carbocycles. The monoisotopic (exact) mass is 226 g/mol. The highest BCUT2D eigenvalue weighted by Gasteiger charge is 2.35. The minimum atomic E-state index is 0.351. The maximum atomic E-state index is 9.08. The van der Waals surface area contributed by atoms with Crippen molar-refractivity contribution in [2.24, 2.45) is 5.92 Å². The molecule has 2 unspecified atom stereocenters. The predicted molar refractivity (Wildman–Crippen MR) is 66.5 cm³/mol. The maximum absolute atomic E-state index is 9.08. The van der Waals surface area contributed by atoms with Gasteiger partial charge in [0.1, 0.15) is 0 Å². The molecule has 0 bridgehead atoms. The first-order chi connectivity index (χ1) is 7.83. The fourth-order valence-corrected chi connectivity index (χ4v) is 2.87. The van der Waals surface area contributed by atoms with E-state index in [1.54, 1.807) is 0 Å². The first-order valence-electron chi connectivity index (χ1n) is 6.91. The van der Waals surface area contributed by atoms with Crippen molar-refractivity contribution in [1.82, 2.24) is 10.2 Å². The third-order valence-corrected chi connectivity index (χ3v) is 3.85. The van der Waals surface area contributed by atoms with E-state index in [0.717, 1.165) is 19.0 Å². The molecule has 1 aliphatic carbocycles. The smallest absolute Gasteiger partial charge is 0.0434 e. The van der Waals surface area contributed by atoms with E-state index in [-0.39, 0.29) is 0 Å². The van der Waals surface area contributed by atoms with Crippen LogP contribution in [-0.4, -0.2) is 48.3 Å². The van der Waals surface area contributed by atoms with Gasteiger partial charge in [-0.1, -0.05) is 6.92 Å². The van der Waals surface area contributed by atoms with Crippen LogP contribution < -0.4 is 5.32 Å². The summed E-state index contributed by atoms with van der Waals surface area (Å²) in [5, 5.41) is 12.7. The van der Waals surface area contributed by atoms with E-state index in [4.69, 9.17) is 5.11 Å². The number of aliphatic hydroxyl groups excluding tert-OH is 1. The number of hydrogen-bond donors (Lipinski definition) is 2. The highest BCUT2D eigenvalue weighted by molar-refractivity contribution is 4.92. The van der Waals surface area contributed by atoms with Crippen molar-refractivity contribution in [2.75, 3.05) is 26.2 Å². The van der Waals surface area contributed by atoms with E-state index in [1.165, 1.54) is 38.8 Å². The van der Waals surface area contributed by atoms with E-state index in [9.17, 15) is 0 Å². The Kier molecular flexibility index (Phi) is 4.62. The van der Waals surface area contributed by atoms with E-state index >= 15 is 0 Å². The molecular weight excluding hydrogens is 200 g/mol. The van der Waals surface area contributed by atoms with Gasteiger partial charge in [-0.05, 0) is 44.6 Å². The lowest BCUT2D eigenvalue weighted by Gasteiger charge is -2.38. The molecule has 0 spiro atoms. The molecule has 3 nitrogen and oxygen atoms in total. The summed E-state index contributed by atoms with van der Waals surface area (Å²) in [4.78, 5) is 2.65. The van der Waals surface area contributed by atoms with Crippen LogP contribution in [-0.2, 0) is 0 Å². The number of likely N-dealkylation sites (tertiary alicyclic amines) is 1. The van der Waals surface area contributed by atoms with Gasteiger partial charge in [-0.25, -0.2) is 0 Å². The van der Waals surface area contributed by atoms with E-state index in [2.05, 4.69) is 17.1 Å². The van der Waals surface area contributed by atoms with E-state index in [1.807, 2.05) is 0 Å². The molecule has 2 fully saturated rings. The number of rotatable bonds is 6. The zero-order valence-electron chi connectivity index (χ0n) is 10.5. The lowest BCUT2D eigenvalue weighted by Crippen LogP contribution is -2.50. The average molecular weight is 226 g/mol. The number of nitrogens with zero attached hydrogens (tertiary/aromatic N) is 1. The van der Waals surface area contributed by atoms with Crippen molar-refractivity contribution < 1.29 is 5.11 Å². The Hall–Kier alpha value is -0.120. The van der Waals surface area contributed by atoms with Crippen molar-refractivity contribution in [3.8, 4) is 0 Å². The van der Waals surface area contributed by atoms with Gasteiger partial charge in [-0.15, -0.1) is 0 Å². The third-order valence-electron chi connectivity index (χ3n) is 3.85. The van der Waals surface area contributed by atoms with Crippen LogP contribution in [0.2, 0.25) is 0 Å². The molecule has 1 aliphatic heterocycles. The van der Waals surface area contributed by atoms with Gasteiger partial charge in [0.2, 0.25) is 0 Å². The summed E-state index contributed by atoms with van der Waals surface area (Å²) < 4.78 is 0. The molecule has 1 saturated carbocycles. The molecule has 94 valence electrons. The summed E-state index contributed by atoms with van der Waals surface area (Å²) in [6.07, 6.45) is 6.24. The molecule has 1 heterocycles. The van der Waals surface area contributed by atoms with Crippen LogP contribution in [0.15, 0.2) is 0 Å². The van der Waals surface area contributed by atoms with Gasteiger partial charge in [-0.3, -0.25) is 4.90 Å². The maximum Gasteiger partial charge on any atom is 0.0434 e. The molecule has 2 aliphatic rings. The second kappa shape index (κ2) is 5.99. The van der Waals surface area contributed by atoms with Crippen molar-refractivity contribution >= 4 is 0 Å². The average Bonchev–Trinajstić information content (AvgIpc) is 3.10. The van der Waals surface area contributed by atoms with E-state index in [0.29, 0.717) is 18.6 Å². The molecule has 2 rings (SSSR count). The molecule has 2 N–H and O–H groups in total. The lowest BCUT2D eigenvalue weighted by atomic mass is 9.91. The van der Waals surface area contributed by atoms with Crippen molar-refractivity contribution in [1.29, 1.82) is 0 Å². The summed E-state index contributed by atoms with van der Waals surface area (Å²) in [7, 11) is 0. The molecule has 16 heavy (non-hydrogen) atoms. The quantitative estimate of drug-likeness (QED) is 0.715. The standard InChI is InChI=1S/C13H26N2O/c1-2-6-14-12-8-11(5-7-16)9-15(10-12)13-3-4-13/h11-14,16H,2-10H2,1H3. The summed E-state index contributed by atoms with van der Waals surface area (Å²) in [5.41, 5.74) is 0. The second-order valence-corrected chi connectivity index (χ2v) is 5.45. The normalized spacial score (nSPS) is 31.9. The Morgan fingerprint density at radius 1 is 1.31 bits per heavy atom. The van der Waals surface area contributed by atoms with Crippen LogP contribution in [0.4, 0.5) is 0 Å². The SMILES string of the molecule is CCCNC1CC(CCO)CN(C2CC2)C1. The van der Waals surface area contributed by atoms with Gasteiger partial charge in [-0.2, -0.15) is 0 Å². The summed E-state index contributed by atoms with van der Waals surface area (Å²) in [6, 6.07) is 1.53. The van der Waals surface area contributed by atoms with Crippen LogP contribution in [0, 0.1) is 5.92 Å². The van der Waals surface area contributed by atoms with Crippen LogP contribution in [0.1, 0.15) is 39.0 Å². The van der Waals surface area contributed by atoms with Crippen LogP contribution in [0.25, 0.3) is 0 Å². The van der Waals surface area contributed by atoms with Crippen LogP contribution in [0.5, 0.6) is 0 Å². The van der Waals surface area contributed by atoms with E-state index < -0.39 is 0 Å². The zero-order chi connectivity index (χ0) is 11.4. The number of aliphatic hydroxyl groups is 1. The zero-order valence-corrected chi connectivity index (χ0v) is 10.5. The number of piperidine rings is 1. The first kappa shape index (κ1) is 12.3. The van der Waals surface area contributed by atoms with Crippen molar-refractivity contribution in [2.45, 2.75) is 51.1 Å². The third kappa shape index (κ3) is 3.44.